The van der Waals surface area contributed by atoms with Gasteiger partial charge in [-0.05, 0) is 36.3 Å². The summed E-state index contributed by atoms with van der Waals surface area (Å²) in [5.74, 6) is 1.09. The third-order valence-corrected chi connectivity index (χ3v) is 6.19. The highest BCUT2D eigenvalue weighted by Crippen LogP contribution is 2.41. The first-order valence-corrected chi connectivity index (χ1v) is 10.1. The number of benzene rings is 1. The van der Waals surface area contributed by atoms with Gasteiger partial charge in [-0.2, -0.15) is 0 Å². The Kier molecular flexibility index (Phi) is 4.59. The predicted octanol–water partition coefficient (Wildman–Crippen LogP) is 3.82. The highest BCUT2D eigenvalue weighted by molar-refractivity contribution is 7.99. The molecule has 0 spiro atoms. The summed E-state index contributed by atoms with van der Waals surface area (Å²) < 4.78 is 0. The number of carbonyl (C=O) groups excluding carboxylic acids is 1. The molecule has 1 aliphatic rings. The molecule has 0 atom stereocenters. The average Bonchev–Trinajstić information content (AvgIpc) is 3.28. The monoisotopic (exact) mass is 370 g/mol. The Bertz CT molecular complexity index is 841. The molecule has 0 unspecified atom stereocenters. The Balaban J connectivity index is 1.36. The van der Waals surface area contributed by atoms with Gasteiger partial charge in [0.15, 0.2) is 5.82 Å². The number of carbonyl (C=O) groups is 1. The predicted molar refractivity (Wildman–Crippen MR) is 101 cm³/mol. The van der Waals surface area contributed by atoms with Gasteiger partial charge in [-0.3, -0.25) is 9.89 Å². The number of amides is 1. The molecule has 1 aromatic carbocycles. The number of thiophene rings is 1. The summed E-state index contributed by atoms with van der Waals surface area (Å²) in [5, 5.41) is 12.9. The van der Waals surface area contributed by atoms with Crippen LogP contribution in [0.3, 0.4) is 0 Å². The van der Waals surface area contributed by atoms with Crippen LogP contribution in [0, 0.1) is 0 Å². The van der Waals surface area contributed by atoms with Crippen LogP contribution in [0.25, 0.3) is 10.7 Å². The first-order valence-electron chi connectivity index (χ1n) is 8.21. The molecule has 2 heterocycles. The molecule has 25 heavy (non-hydrogen) atoms. The smallest absolute Gasteiger partial charge is 0.231 e. The molecule has 5 nitrogen and oxygen atoms in total. The third kappa shape index (κ3) is 3.48. The molecule has 1 amide bonds. The van der Waals surface area contributed by atoms with Crippen molar-refractivity contribution in [3.05, 3.63) is 53.4 Å². The van der Waals surface area contributed by atoms with Crippen molar-refractivity contribution in [1.82, 2.24) is 20.5 Å². The van der Waals surface area contributed by atoms with Crippen LogP contribution in [-0.2, 0) is 10.3 Å². The van der Waals surface area contributed by atoms with Crippen LogP contribution in [0.4, 0.5) is 0 Å². The third-order valence-electron chi connectivity index (χ3n) is 4.46. The first kappa shape index (κ1) is 16.4. The van der Waals surface area contributed by atoms with Gasteiger partial charge in [0.25, 0.3) is 0 Å². The van der Waals surface area contributed by atoms with Crippen molar-refractivity contribution >= 4 is 29.0 Å². The van der Waals surface area contributed by atoms with Crippen molar-refractivity contribution < 1.29 is 4.79 Å². The molecule has 2 N–H and O–H groups in total. The first-order chi connectivity index (χ1) is 12.3. The van der Waals surface area contributed by atoms with E-state index in [1.165, 1.54) is 17.3 Å². The van der Waals surface area contributed by atoms with E-state index < -0.39 is 0 Å². The lowest BCUT2D eigenvalue weighted by molar-refractivity contribution is -0.121. The maximum absolute atomic E-state index is 12.4. The van der Waals surface area contributed by atoms with Crippen molar-refractivity contribution in [2.24, 2.45) is 0 Å². The van der Waals surface area contributed by atoms with Crippen LogP contribution in [0.1, 0.15) is 24.8 Å². The lowest BCUT2D eigenvalue weighted by atomic mass is 9.72. The van der Waals surface area contributed by atoms with E-state index in [0.717, 1.165) is 30.0 Å². The SMILES string of the molecule is O=C(CSc1n[nH]c(-c2cccs2)n1)NC1(c2ccccc2)CCC1. The Hall–Kier alpha value is -2.12. The molecule has 0 bridgehead atoms. The van der Waals surface area contributed by atoms with E-state index in [1.807, 2.05) is 35.7 Å². The number of nitrogens with zero attached hydrogens (tertiary/aromatic N) is 2. The highest BCUT2D eigenvalue weighted by Gasteiger charge is 2.39. The van der Waals surface area contributed by atoms with Crippen LogP contribution >= 0.6 is 23.1 Å². The topological polar surface area (TPSA) is 70.7 Å². The van der Waals surface area contributed by atoms with Gasteiger partial charge >= 0.3 is 0 Å². The van der Waals surface area contributed by atoms with E-state index in [9.17, 15) is 4.79 Å². The fraction of sp³-hybridized carbons (Fsp3) is 0.278. The van der Waals surface area contributed by atoms with Crippen molar-refractivity contribution in [3.63, 3.8) is 0 Å². The second-order valence-corrected chi connectivity index (χ2v) is 7.97. The van der Waals surface area contributed by atoms with Crippen molar-refractivity contribution in [2.75, 3.05) is 5.75 Å². The van der Waals surface area contributed by atoms with Gasteiger partial charge < -0.3 is 5.32 Å². The quantitative estimate of drug-likeness (QED) is 0.647. The molecule has 3 aromatic rings. The second kappa shape index (κ2) is 7.01. The number of rotatable bonds is 6. The van der Waals surface area contributed by atoms with E-state index in [-0.39, 0.29) is 11.4 Å². The Labute approximate surface area is 154 Å². The van der Waals surface area contributed by atoms with E-state index in [0.29, 0.717) is 10.9 Å². The molecule has 0 saturated heterocycles. The van der Waals surface area contributed by atoms with Crippen LogP contribution in [0.15, 0.2) is 53.0 Å². The number of aromatic amines is 1. The molecule has 1 fully saturated rings. The van der Waals surface area contributed by atoms with Gasteiger partial charge in [-0.25, -0.2) is 4.98 Å². The van der Waals surface area contributed by atoms with E-state index in [2.05, 4.69) is 32.6 Å². The Morgan fingerprint density at radius 1 is 1.24 bits per heavy atom. The number of aromatic nitrogens is 3. The minimum absolute atomic E-state index is 0.0241. The lowest BCUT2D eigenvalue weighted by Crippen LogP contribution is -2.51. The van der Waals surface area contributed by atoms with E-state index in [1.54, 1.807) is 11.3 Å². The summed E-state index contributed by atoms with van der Waals surface area (Å²) in [6.45, 7) is 0. The van der Waals surface area contributed by atoms with Crippen molar-refractivity contribution in [2.45, 2.75) is 30.0 Å². The van der Waals surface area contributed by atoms with Gasteiger partial charge in [-0.1, -0.05) is 48.2 Å². The molecule has 1 saturated carbocycles. The summed E-state index contributed by atoms with van der Waals surface area (Å²) in [6, 6.07) is 14.2. The summed E-state index contributed by atoms with van der Waals surface area (Å²) in [4.78, 5) is 17.9. The largest absolute Gasteiger partial charge is 0.346 e. The maximum atomic E-state index is 12.4. The van der Waals surface area contributed by atoms with Crippen LogP contribution in [0.2, 0.25) is 0 Å². The van der Waals surface area contributed by atoms with Gasteiger partial charge in [0.2, 0.25) is 11.1 Å². The normalized spacial score (nSPS) is 15.5. The fourth-order valence-electron chi connectivity index (χ4n) is 3.04. The second-order valence-electron chi connectivity index (χ2n) is 6.08. The van der Waals surface area contributed by atoms with Gasteiger partial charge in [-0.15, -0.1) is 16.4 Å². The Morgan fingerprint density at radius 2 is 2.08 bits per heavy atom. The molecule has 0 radical (unpaired) electrons. The lowest BCUT2D eigenvalue weighted by Gasteiger charge is -2.43. The van der Waals surface area contributed by atoms with Crippen molar-refractivity contribution in [3.8, 4) is 10.7 Å². The molecule has 128 valence electrons. The van der Waals surface area contributed by atoms with Crippen LogP contribution in [-0.4, -0.2) is 26.8 Å². The molecular weight excluding hydrogens is 352 g/mol. The Morgan fingerprint density at radius 3 is 2.76 bits per heavy atom. The summed E-state index contributed by atoms with van der Waals surface area (Å²) >= 11 is 2.96. The molecule has 7 heteroatoms. The number of hydrogen-bond donors (Lipinski definition) is 2. The molecule has 4 rings (SSSR count). The summed E-state index contributed by atoms with van der Waals surface area (Å²) in [6.07, 6.45) is 3.14. The maximum Gasteiger partial charge on any atom is 0.231 e. The number of thioether (sulfide) groups is 1. The summed E-state index contributed by atoms with van der Waals surface area (Å²) in [7, 11) is 0. The minimum Gasteiger partial charge on any atom is -0.346 e. The zero-order valence-corrected chi connectivity index (χ0v) is 15.2. The van der Waals surface area contributed by atoms with E-state index in [4.69, 9.17) is 0 Å². The number of H-pyrrole nitrogens is 1. The highest BCUT2D eigenvalue weighted by atomic mass is 32.2. The average molecular weight is 371 g/mol. The van der Waals surface area contributed by atoms with E-state index >= 15 is 0 Å². The van der Waals surface area contributed by atoms with Crippen LogP contribution in [0.5, 0.6) is 0 Å². The van der Waals surface area contributed by atoms with Crippen LogP contribution < -0.4 is 5.32 Å². The standard InChI is InChI=1S/C18H18N4OS2/c23-15(20-18(9-5-10-18)13-6-2-1-3-7-13)12-25-17-19-16(21-22-17)14-8-4-11-24-14/h1-4,6-8,11H,5,9-10,12H2,(H,20,23)(H,19,21,22). The molecule has 0 aliphatic heterocycles. The molecular formula is C18H18N4OS2. The van der Waals surface area contributed by atoms with Crippen molar-refractivity contribution in [1.29, 1.82) is 0 Å². The minimum atomic E-state index is -0.194. The molecule has 2 aromatic heterocycles. The fourth-order valence-corrected chi connectivity index (χ4v) is 4.30. The molecule has 1 aliphatic carbocycles. The summed E-state index contributed by atoms with van der Waals surface area (Å²) in [5.41, 5.74) is 0.998. The van der Waals surface area contributed by atoms with Gasteiger partial charge in [0.05, 0.1) is 16.2 Å². The number of nitrogens with one attached hydrogen (secondary N) is 2. The van der Waals surface area contributed by atoms with Gasteiger partial charge in [0, 0.05) is 0 Å². The zero-order valence-electron chi connectivity index (χ0n) is 13.6. The number of hydrogen-bond acceptors (Lipinski definition) is 5. The zero-order chi connectivity index (χ0) is 17.1. The van der Waals surface area contributed by atoms with Gasteiger partial charge in [0.1, 0.15) is 0 Å².